The molecule has 0 bridgehead atoms. The molecule has 1 unspecified atom stereocenters. The van der Waals surface area contributed by atoms with Crippen LogP contribution >= 0.6 is 7.82 Å². The summed E-state index contributed by atoms with van der Waals surface area (Å²) in [5, 5.41) is 8.89. The molecule has 3 atom stereocenters. The molecule has 0 aliphatic carbocycles. The molecule has 0 radical (unpaired) electrons. The Morgan fingerprint density at radius 3 is 1.28 bits per heavy atom. The molecule has 0 saturated heterocycles. The maximum Gasteiger partial charge on any atom is 0.472 e. The lowest BCUT2D eigenvalue weighted by molar-refractivity contribution is -0.161. The molecule has 0 aliphatic rings. The molecule has 0 aromatic rings. The third-order valence-electron chi connectivity index (χ3n) is 10.2. The summed E-state index contributed by atoms with van der Waals surface area (Å²) in [4.78, 5) is 46.0. The average molecular weight is 844 g/mol. The van der Waals surface area contributed by atoms with Crippen molar-refractivity contribution in [2.75, 3.05) is 19.8 Å². The fraction of sp³-hybridized carbons (Fsp3) is 0.848. The number of carbonyl (C=O) groups is 3. The van der Waals surface area contributed by atoms with Gasteiger partial charge in [-0.05, 0) is 64.2 Å². The number of hydrogen-bond acceptors (Lipinski definition) is 9. The third-order valence-corrected chi connectivity index (χ3v) is 11.1. The minimum atomic E-state index is -4.72. The van der Waals surface area contributed by atoms with E-state index in [1.165, 1.54) is 122 Å². The van der Waals surface area contributed by atoms with E-state index in [0.717, 1.165) is 57.8 Å². The second kappa shape index (κ2) is 41.7. The van der Waals surface area contributed by atoms with Crippen LogP contribution < -0.4 is 5.73 Å². The van der Waals surface area contributed by atoms with Gasteiger partial charge in [-0.2, -0.15) is 0 Å². The lowest BCUT2D eigenvalue weighted by atomic mass is 10.0. The number of ether oxygens (including phenoxy) is 2. The van der Waals surface area contributed by atoms with Crippen LogP contribution in [0.15, 0.2) is 24.3 Å². The van der Waals surface area contributed by atoms with Gasteiger partial charge in [-0.3, -0.25) is 23.4 Å². The van der Waals surface area contributed by atoms with Gasteiger partial charge >= 0.3 is 25.7 Å². The highest BCUT2D eigenvalue weighted by molar-refractivity contribution is 7.47. The zero-order valence-corrected chi connectivity index (χ0v) is 37.8. The van der Waals surface area contributed by atoms with Crippen LogP contribution in [0, 0.1) is 0 Å². The van der Waals surface area contributed by atoms with Crippen molar-refractivity contribution < 1.29 is 47.5 Å². The number of phosphoric ester groups is 1. The molecule has 0 fully saturated rings. The number of hydrogen-bond donors (Lipinski definition) is 3. The van der Waals surface area contributed by atoms with Gasteiger partial charge in [-0.15, -0.1) is 0 Å². The van der Waals surface area contributed by atoms with Crippen LogP contribution in [0.2, 0.25) is 0 Å². The number of carboxylic acids is 1. The summed E-state index contributed by atoms with van der Waals surface area (Å²) in [6, 6.07) is -1.52. The third kappa shape index (κ3) is 40.7. The quantitative estimate of drug-likeness (QED) is 0.0231. The summed E-state index contributed by atoms with van der Waals surface area (Å²) in [6.07, 6.45) is 43.9. The number of esters is 2. The van der Waals surface area contributed by atoms with Crippen LogP contribution in [0.3, 0.4) is 0 Å². The number of carboxylic acid groups (broad SMARTS) is 1. The Kier molecular flexibility index (Phi) is 40.2. The Hall–Kier alpha value is -2.04. The molecule has 0 aliphatic heterocycles. The van der Waals surface area contributed by atoms with Gasteiger partial charge in [0.15, 0.2) is 6.10 Å². The van der Waals surface area contributed by atoms with Gasteiger partial charge in [0.1, 0.15) is 12.6 Å². The van der Waals surface area contributed by atoms with E-state index in [9.17, 15) is 23.8 Å². The van der Waals surface area contributed by atoms with Crippen molar-refractivity contribution in [2.24, 2.45) is 5.73 Å². The summed E-state index contributed by atoms with van der Waals surface area (Å²) < 4.78 is 32.7. The van der Waals surface area contributed by atoms with E-state index >= 15 is 0 Å². The number of phosphoric acid groups is 1. The number of nitrogens with two attached hydrogens (primary N) is 1. The van der Waals surface area contributed by atoms with E-state index in [4.69, 9.17) is 24.8 Å². The van der Waals surface area contributed by atoms with Crippen LogP contribution in [0.5, 0.6) is 0 Å². The Bertz CT molecular complexity index is 1080. The molecule has 58 heavy (non-hydrogen) atoms. The molecular formula is C46H86NO10P. The fourth-order valence-electron chi connectivity index (χ4n) is 6.47. The molecule has 0 saturated carbocycles. The number of carbonyl (C=O) groups excluding carboxylic acids is 2. The van der Waals surface area contributed by atoms with Gasteiger partial charge in [-0.1, -0.05) is 167 Å². The summed E-state index contributed by atoms with van der Waals surface area (Å²) in [7, 11) is -4.72. The number of unbranched alkanes of at least 4 members (excludes halogenated alkanes) is 26. The first-order valence-electron chi connectivity index (χ1n) is 23.4. The van der Waals surface area contributed by atoms with E-state index in [1.54, 1.807) is 0 Å². The molecule has 0 spiro atoms. The number of rotatable bonds is 44. The number of aliphatic carboxylic acids is 1. The predicted octanol–water partition coefficient (Wildman–Crippen LogP) is 12.6. The first-order chi connectivity index (χ1) is 28.1. The molecule has 0 heterocycles. The Morgan fingerprint density at radius 2 is 0.862 bits per heavy atom. The maximum atomic E-state index is 12.6. The molecule has 0 aromatic carbocycles. The predicted molar refractivity (Wildman–Crippen MR) is 236 cm³/mol. The molecular weight excluding hydrogens is 757 g/mol. The highest BCUT2D eigenvalue weighted by Gasteiger charge is 2.28. The molecule has 12 heteroatoms. The second-order valence-electron chi connectivity index (χ2n) is 15.9. The zero-order valence-electron chi connectivity index (χ0n) is 36.9. The highest BCUT2D eigenvalue weighted by Crippen LogP contribution is 2.43. The maximum absolute atomic E-state index is 12.6. The van der Waals surface area contributed by atoms with E-state index in [0.29, 0.717) is 12.8 Å². The minimum Gasteiger partial charge on any atom is -0.480 e. The molecule has 11 nitrogen and oxygen atoms in total. The first kappa shape index (κ1) is 56.0. The monoisotopic (exact) mass is 844 g/mol. The van der Waals surface area contributed by atoms with Gasteiger partial charge in [-0.25, -0.2) is 4.57 Å². The first-order valence-corrected chi connectivity index (χ1v) is 24.9. The van der Waals surface area contributed by atoms with Crippen molar-refractivity contribution in [3.63, 3.8) is 0 Å². The molecule has 4 N–H and O–H groups in total. The van der Waals surface area contributed by atoms with Crippen molar-refractivity contribution >= 4 is 25.7 Å². The van der Waals surface area contributed by atoms with Crippen molar-refractivity contribution in [1.82, 2.24) is 0 Å². The lowest BCUT2D eigenvalue weighted by Crippen LogP contribution is -2.34. The van der Waals surface area contributed by atoms with Gasteiger partial charge in [0, 0.05) is 12.8 Å². The van der Waals surface area contributed by atoms with Crippen molar-refractivity contribution in [1.29, 1.82) is 0 Å². The van der Waals surface area contributed by atoms with Gasteiger partial charge in [0.2, 0.25) is 0 Å². The van der Waals surface area contributed by atoms with Gasteiger partial charge in [0.05, 0.1) is 13.2 Å². The second-order valence-corrected chi connectivity index (χ2v) is 17.3. The van der Waals surface area contributed by atoms with Gasteiger partial charge in [0.25, 0.3) is 0 Å². The molecule has 0 aromatic heterocycles. The van der Waals surface area contributed by atoms with Crippen LogP contribution in [-0.2, 0) is 37.5 Å². The van der Waals surface area contributed by atoms with Crippen molar-refractivity contribution in [2.45, 2.75) is 231 Å². The Morgan fingerprint density at radius 1 is 0.517 bits per heavy atom. The van der Waals surface area contributed by atoms with Crippen molar-refractivity contribution in [3.05, 3.63) is 24.3 Å². The highest BCUT2D eigenvalue weighted by atomic mass is 31.2. The fourth-order valence-corrected chi connectivity index (χ4v) is 7.24. The smallest absolute Gasteiger partial charge is 0.472 e. The van der Waals surface area contributed by atoms with E-state index < -0.39 is 51.1 Å². The van der Waals surface area contributed by atoms with Crippen LogP contribution in [-0.4, -0.2) is 59.9 Å². The summed E-state index contributed by atoms with van der Waals surface area (Å²) in [5.41, 5.74) is 5.34. The SMILES string of the molecule is CCCCCC/C=C/CCCCCCCC(=O)O[C@@H](COC(=O)CCCCCCCCCCCCC/C=C/CCCCCCCC)COP(=O)(O)OC[C@H](N)C(=O)O. The zero-order chi connectivity index (χ0) is 42.8. The number of allylic oxidation sites excluding steroid dienone is 4. The lowest BCUT2D eigenvalue weighted by Gasteiger charge is -2.20. The van der Waals surface area contributed by atoms with Gasteiger partial charge < -0.3 is 25.2 Å². The van der Waals surface area contributed by atoms with E-state index in [2.05, 4.69) is 42.7 Å². The van der Waals surface area contributed by atoms with Crippen molar-refractivity contribution in [3.8, 4) is 0 Å². The average Bonchev–Trinajstić information content (AvgIpc) is 3.20. The molecule has 340 valence electrons. The largest absolute Gasteiger partial charge is 0.480 e. The molecule has 0 amide bonds. The van der Waals surface area contributed by atoms with E-state index in [-0.39, 0.29) is 19.4 Å². The normalized spacial score (nSPS) is 13.9. The minimum absolute atomic E-state index is 0.153. The van der Waals surface area contributed by atoms with Crippen LogP contribution in [0.1, 0.15) is 219 Å². The summed E-state index contributed by atoms with van der Waals surface area (Å²) in [5.74, 6) is -2.38. The molecule has 0 rings (SSSR count). The van der Waals surface area contributed by atoms with E-state index in [1.807, 2.05) is 0 Å². The summed E-state index contributed by atoms with van der Waals surface area (Å²) >= 11 is 0. The summed E-state index contributed by atoms with van der Waals surface area (Å²) in [6.45, 7) is 2.79. The Labute approximate surface area is 353 Å². The van der Waals surface area contributed by atoms with Crippen LogP contribution in [0.25, 0.3) is 0 Å². The Balaban J connectivity index is 4.24. The van der Waals surface area contributed by atoms with Crippen LogP contribution in [0.4, 0.5) is 0 Å². The topological polar surface area (TPSA) is 172 Å². The standard InChI is InChI=1S/C46H86NO10P/c1-3-5-7-9-11-13-15-17-18-19-20-21-22-23-24-26-27-29-31-33-35-37-44(48)54-39-42(40-55-58(52,53)56-41-43(47)46(50)51)57-45(49)38-36-34-32-30-28-25-16-14-12-10-8-6-4-2/h14,16-18,42-43H,3-13,15,19-41,47H2,1-2H3,(H,50,51)(H,52,53)/b16-14+,18-17+/t42-,43-/m0/s1.